The lowest BCUT2D eigenvalue weighted by Crippen LogP contribution is -2.26. The number of thiol groups is 1. The Labute approximate surface area is 165 Å². The summed E-state index contributed by atoms with van der Waals surface area (Å²) in [5.41, 5.74) is 1.18. The minimum atomic E-state index is -0.404. The molecular formula is C19H16N2O4S2. The predicted octanol–water partition coefficient (Wildman–Crippen LogP) is 2.63. The van der Waals surface area contributed by atoms with E-state index >= 15 is 0 Å². The van der Waals surface area contributed by atoms with Crippen molar-refractivity contribution < 1.29 is 19.2 Å². The number of benzene rings is 2. The molecule has 0 aromatic heterocycles. The molecule has 138 valence electrons. The molecule has 2 N–H and O–H groups in total. The molecule has 2 amide bonds. The molecule has 0 saturated heterocycles. The van der Waals surface area contributed by atoms with E-state index in [-0.39, 0.29) is 62.6 Å². The SMILES string of the molecule is CSCC(=O)Nc1ccc(NC(=O)CS)c2c1C(=O)c1ccccc1C2=O. The van der Waals surface area contributed by atoms with Gasteiger partial charge in [-0.1, -0.05) is 24.3 Å². The average Bonchev–Trinajstić information content (AvgIpc) is 2.67. The Bertz CT molecular complexity index is 972. The second-order valence-corrected chi connectivity index (χ2v) is 6.98. The Hall–Kier alpha value is -2.58. The summed E-state index contributed by atoms with van der Waals surface area (Å²) in [6.45, 7) is 0. The van der Waals surface area contributed by atoms with Crippen LogP contribution >= 0.6 is 24.4 Å². The highest BCUT2D eigenvalue weighted by Gasteiger charge is 2.34. The van der Waals surface area contributed by atoms with E-state index in [1.165, 1.54) is 23.9 Å². The summed E-state index contributed by atoms with van der Waals surface area (Å²) in [4.78, 5) is 50.0. The van der Waals surface area contributed by atoms with Crippen molar-refractivity contribution in [1.29, 1.82) is 0 Å². The summed E-state index contributed by atoms with van der Waals surface area (Å²) in [7, 11) is 0. The van der Waals surface area contributed by atoms with Gasteiger partial charge in [-0.05, 0) is 18.4 Å². The smallest absolute Gasteiger partial charge is 0.234 e. The van der Waals surface area contributed by atoms with Crippen LogP contribution in [0.4, 0.5) is 11.4 Å². The fraction of sp³-hybridized carbons (Fsp3) is 0.158. The number of fused-ring (bicyclic) bond motifs is 2. The zero-order chi connectivity index (χ0) is 19.6. The summed E-state index contributed by atoms with van der Waals surface area (Å²) >= 11 is 5.26. The van der Waals surface area contributed by atoms with Gasteiger partial charge in [0.15, 0.2) is 11.6 Å². The van der Waals surface area contributed by atoms with E-state index in [2.05, 4.69) is 23.3 Å². The van der Waals surface area contributed by atoms with Crippen molar-refractivity contribution in [2.75, 3.05) is 28.4 Å². The first-order chi connectivity index (χ1) is 13.0. The summed E-state index contributed by atoms with van der Waals surface area (Å²) in [5, 5.41) is 5.29. The molecule has 2 aromatic carbocycles. The predicted molar refractivity (Wildman–Crippen MR) is 109 cm³/mol. The Morgan fingerprint density at radius 3 is 1.81 bits per heavy atom. The second-order valence-electron chi connectivity index (χ2n) is 5.80. The van der Waals surface area contributed by atoms with E-state index in [0.29, 0.717) is 0 Å². The molecule has 1 aliphatic carbocycles. The molecular weight excluding hydrogens is 384 g/mol. The van der Waals surface area contributed by atoms with Gasteiger partial charge in [0.25, 0.3) is 0 Å². The van der Waals surface area contributed by atoms with Crippen molar-refractivity contribution in [2.45, 2.75) is 0 Å². The topological polar surface area (TPSA) is 92.3 Å². The first kappa shape index (κ1) is 19.2. The van der Waals surface area contributed by atoms with Crippen LogP contribution in [-0.2, 0) is 9.59 Å². The number of hydrogen-bond donors (Lipinski definition) is 3. The Kier molecular flexibility index (Phi) is 5.67. The number of anilines is 2. The Balaban J connectivity index is 2.18. The number of thioether (sulfide) groups is 1. The largest absolute Gasteiger partial charge is 0.325 e. The van der Waals surface area contributed by atoms with E-state index in [9.17, 15) is 19.2 Å². The minimum absolute atomic E-state index is 0.0697. The van der Waals surface area contributed by atoms with Crippen molar-refractivity contribution in [3.63, 3.8) is 0 Å². The number of ketones is 2. The summed E-state index contributed by atoms with van der Waals surface area (Å²) < 4.78 is 0. The number of hydrogen-bond acceptors (Lipinski definition) is 6. The van der Waals surface area contributed by atoms with Gasteiger partial charge in [0.2, 0.25) is 11.8 Å². The van der Waals surface area contributed by atoms with Crippen LogP contribution in [0, 0.1) is 0 Å². The molecule has 2 aromatic rings. The van der Waals surface area contributed by atoms with E-state index in [0.717, 1.165) is 0 Å². The van der Waals surface area contributed by atoms with E-state index in [1.54, 1.807) is 30.5 Å². The second kappa shape index (κ2) is 7.98. The van der Waals surface area contributed by atoms with E-state index in [4.69, 9.17) is 0 Å². The first-order valence-corrected chi connectivity index (χ1v) is 10.1. The summed E-state index contributed by atoms with van der Waals surface area (Å²) in [5.74, 6) is -1.29. The maximum absolute atomic E-state index is 13.1. The molecule has 0 spiro atoms. The van der Waals surface area contributed by atoms with Crippen LogP contribution in [0.3, 0.4) is 0 Å². The normalized spacial score (nSPS) is 12.2. The van der Waals surface area contributed by atoms with Gasteiger partial charge in [0.1, 0.15) is 0 Å². The third-order valence-corrected chi connectivity index (χ3v) is 4.88. The molecule has 0 heterocycles. The average molecular weight is 400 g/mol. The van der Waals surface area contributed by atoms with Crippen molar-refractivity contribution in [1.82, 2.24) is 0 Å². The van der Waals surface area contributed by atoms with Gasteiger partial charge in [0, 0.05) is 11.1 Å². The van der Waals surface area contributed by atoms with Crippen molar-refractivity contribution in [3.8, 4) is 0 Å². The standard InChI is InChI=1S/C19H16N2O4S2/c1-27-9-15(23)21-13-7-6-12(20-14(22)8-26)16-17(13)19(25)11-5-3-2-4-10(11)18(16)24/h2-7,26H,8-9H2,1H3,(H,20,22)(H,21,23). The highest BCUT2D eigenvalue weighted by atomic mass is 32.2. The fourth-order valence-electron chi connectivity index (χ4n) is 2.94. The molecule has 0 radical (unpaired) electrons. The summed E-state index contributed by atoms with van der Waals surface area (Å²) in [6, 6.07) is 9.52. The summed E-state index contributed by atoms with van der Waals surface area (Å²) in [6.07, 6.45) is 1.79. The molecule has 0 bridgehead atoms. The van der Waals surface area contributed by atoms with Gasteiger partial charge in [-0.15, -0.1) is 0 Å². The number of carbonyl (C=O) groups excluding carboxylic acids is 4. The zero-order valence-corrected chi connectivity index (χ0v) is 16.1. The monoisotopic (exact) mass is 400 g/mol. The Morgan fingerprint density at radius 2 is 1.37 bits per heavy atom. The van der Waals surface area contributed by atoms with Gasteiger partial charge in [-0.3, -0.25) is 19.2 Å². The van der Waals surface area contributed by atoms with Crippen LogP contribution in [0.2, 0.25) is 0 Å². The van der Waals surface area contributed by atoms with Gasteiger partial charge in [-0.25, -0.2) is 0 Å². The van der Waals surface area contributed by atoms with Crippen LogP contribution in [-0.4, -0.2) is 41.1 Å². The van der Waals surface area contributed by atoms with Crippen molar-refractivity contribution >= 4 is 59.1 Å². The van der Waals surface area contributed by atoms with Crippen molar-refractivity contribution in [2.24, 2.45) is 0 Å². The van der Waals surface area contributed by atoms with Gasteiger partial charge in [-0.2, -0.15) is 24.4 Å². The van der Waals surface area contributed by atoms with Crippen LogP contribution in [0.1, 0.15) is 31.8 Å². The molecule has 3 rings (SSSR count). The highest BCUT2D eigenvalue weighted by Crippen LogP contribution is 2.36. The fourth-order valence-corrected chi connectivity index (χ4v) is 3.35. The molecule has 6 nitrogen and oxygen atoms in total. The lowest BCUT2D eigenvalue weighted by Gasteiger charge is -2.23. The highest BCUT2D eigenvalue weighted by molar-refractivity contribution is 7.99. The molecule has 0 unspecified atom stereocenters. The van der Waals surface area contributed by atoms with Crippen LogP contribution in [0.25, 0.3) is 0 Å². The maximum Gasteiger partial charge on any atom is 0.234 e. The molecule has 0 atom stereocenters. The molecule has 8 heteroatoms. The molecule has 1 aliphatic rings. The zero-order valence-electron chi connectivity index (χ0n) is 14.4. The van der Waals surface area contributed by atoms with Crippen LogP contribution < -0.4 is 10.6 Å². The maximum atomic E-state index is 13.1. The number of carbonyl (C=O) groups is 4. The number of rotatable bonds is 5. The molecule has 0 saturated carbocycles. The first-order valence-electron chi connectivity index (χ1n) is 8.02. The Morgan fingerprint density at radius 1 is 0.889 bits per heavy atom. The van der Waals surface area contributed by atoms with Gasteiger partial charge in [0.05, 0.1) is 34.0 Å². The number of amides is 2. The number of nitrogens with one attached hydrogen (secondary N) is 2. The molecule has 0 fully saturated rings. The van der Waals surface area contributed by atoms with Crippen LogP contribution in [0.5, 0.6) is 0 Å². The lowest BCUT2D eigenvalue weighted by molar-refractivity contribution is -0.114. The molecule has 0 aliphatic heterocycles. The van der Waals surface area contributed by atoms with Crippen LogP contribution in [0.15, 0.2) is 36.4 Å². The van der Waals surface area contributed by atoms with Gasteiger partial charge >= 0.3 is 0 Å². The van der Waals surface area contributed by atoms with Crippen molar-refractivity contribution in [3.05, 3.63) is 58.7 Å². The van der Waals surface area contributed by atoms with E-state index in [1.807, 2.05) is 0 Å². The lowest BCUT2D eigenvalue weighted by atomic mass is 9.82. The third kappa shape index (κ3) is 3.63. The van der Waals surface area contributed by atoms with E-state index < -0.39 is 5.91 Å². The minimum Gasteiger partial charge on any atom is -0.325 e. The molecule has 27 heavy (non-hydrogen) atoms. The van der Waals surface area contributed by atoms with Gasteiger partial charge < -0.3 is 10.6 Å². The third-order valence-electron chi connectivity index (χ3n) is 4.04. The quantitative estimate of drug-likeness (QED) is 0.573.